The molecule has 0 spiro atoms. The van der Waals surface area contributed by atoms with E-state index in [-0.39, 0.29) is 6.04 Å². The summed E-state index contributed by atoms with van der Waals surface area (Å²) >= 11 is 0. The first-order chi connectivity index (χ1) is 8.76. The van der Waals surface area contributed by atoms with Crippen LogP contribution in [0.15, 0.2) is 24.3 Å². The Hall–Kier alpha value is -0.900. The van der Waals surface area contributed by atoms with Crippen molar-refractivity contribution in [2.45, 2.75) is 25.3 Å². The molecule has 1 aromatic rings. The number of rotatable bonds is 5. The van der Waals surface area contributed by atoms with E-state index < -0.39 is 0 Å². The summed E-state index contributed by atoms with van der Waals surface area (Å²) in [7, 11) is 1.75. The topological polar surface area (TPSA) is 38.5 Å². The maximum absolute atomic E-state index is 6.31. The minimum Gasteiger partial charge on any atom is -0.383 e. The third-order valence-electron chi connectivity index (χ3n) is 3.89. The Kier molecular flexibility index (Phi) is 4.75. The van der Waals surface area contributed by atoms with Crippen molar-refractivity contribution in [1.82, 2.24) is 4.90 Å². The van der Waals surface area contributed by atoms with Crippen LogP contribution in [0.2, 0.25) is 0 Å². The zero-order valence-corrected chi connectivity index (χ0v) is 11.4. The lowest BCUT2D eigenvalue weighted by molar-refractivity contribution is 0.160. The molecule has 3 nitrogen and oxygen atoms in total. The highest BCUT2D eigenvalue weighted by Gasteiger charge is 2.31. The Bertz CT molecular complexity index is 381. The van der Waals surface area contributed by atoms with Crippen molar-refractivity contribution in [2.75, 3.05) is 33.4 Å². The molecule has 0 amide bonds. The minimum absolute atomic E-state index is 0.245. The van der Waals surface area contributed by atoms with Gasteiger partial charge in [-0.25, -0.2) is 0 Å². The molecule has 0 radical (unpaired) electrons. The van der Waals surface area contributed by atoms with Gasteiger partial charge in [-0.3, -0.25) is 4.90 Å². The predicted octanol–water partition coefficient (Wildman–Crippen LogP) is 1.62. The van der Waals surface area contributed by atoms with Crippen LogP contribution in [-0.2, 0) is 11.2 Å². The molecule has 100 valence electrons. The lowest BCUT2D eigenvalue weighted by Crippen LogP contribution is -2.30. The van der Waals surface area contributed by atoms with Crippen molar-refractivity contribution in [2.24, 2.45) is 5.73 Å². The Morgan fingerprint density at radius 2 is 2.11 bits per heavy atom. The number of aryl methyl sites for hydroxylation is 1. The number of nitrogens with two attached hydrogens (primary N) is 1. The zero-order valence-electron chi connectivity index (χ0n) is 11.4. The van der Waals surface area contributed by atoms with E-state index in [9.17, 15) is 0 Å². The number of ether oxygens (including phenoxy) is 1. The molecule has 1 saturated heterocycles. The Balaban J connectivity index is 2.09. The van der Waals surface area contributed by atoms with Gasteiger partial charge in [-0.15, -0.1) is 0 Å². The molecule has 18 heavy (non-hydrogen) atoms. The molecule has 0 aliphatic carbocycles. The monoisotopic (exact) mass is 248 g/mol. The van der Waals surface area contributed by atoms with E-state index in [1.807, 2.05) is 0 Å². The second-order valence-electron chi connectivity index (χ2n) is 5.08. The molecule has 1 unspecified atom stereocenters. The summed E-state index contributed by atoms with van der Waals surface area (Å²) in [5, 5.41) is 0. The number of hydrogen-bond donors (Lipinski definition) is 1. The molecule has 0 saturated carbocycles. The zero-order chi connectivity index (χ0) is 13.0. The molecule has 1 aliphatic heterocycles. The Labute approximate surface area is 110 Å². The summed E-state index contributed by atoms with van der Waals surface area (Å²) in [6.45, 7) is 6.01. The van der Waals surface area contributed by atoms with E-state index in [0.29, 0.717) is 5.92 Å². The molecule has 2 atom stereocenters. The molecule has 1 fully saturated rings. The molecule has 3 heteroatoms. The number of nitrogens with zero attached hydrogens (tertiary/aromatic N) is 1. The van der Waals surface area contributed by atoms with Gasteiger partial charge in [0.1, 0.15) is 0 Å². The molecule has 1 aliphatic rings. The van der Waals surface area contributed by atoms with Crippen LogP contribution < -0.4 is 5.73 Å². The van der Waals surface area contributed by atoms with Gasteiger partial charge < -0.3 is 10.5 Å². The van der Waals surface area contributed by atoms with Gasteiger partial charge in [-0.2, -0.15) is 0 Å². The van der Waals surface area contributed by atoms with Crippen molar-refractivity contribution in [3.05, 3.63) is 35.4 Å². The summed E-state index contributed by atoms with van der Waals surface area (Å²) in [6.07, 6.45) is 1.08. The maximum atomic E-state index is 6.31. The second kappa shape index (κ2) is 6.32. The average Bonchev–Trinajstić information content (AvgIpc) is 2.77. The molecule has 2 N–H and O–H groups in total. The highest BCUT2D eigenvalue weighted by atomic mass is 16.5. The third-order valence-corrected chi connectivity index (χ3v) is 3.89. The summed E-state index contributed by atoms with van der Waals surface area (Å²) in [5.41, 5.74) is 9.19. The number of methoxy groups -OCH3 is 1. The first kappa shape index (κ1) is 13.5. The van der Waals surface area contributed by atoms with Gasteiger partial charge >= 0.3 is 0 Å². The summed E-state index contributed by atoms with van der Waals surface area (Å²) < 4.78 is 5.14. The van der Waals surface area contributed by atoms with Crippen molar-refractivity contribution < 1.29 is 4.74 Å². The Morgan fingerprint density at radius 1 is 1.33 bits per heavy atom. The van der Waals surface area contributed by atoms with Gasteiger partial charge in [0.05, 0.1) is 6.61 Å². The van der Waals surface area contributed by atoms with Crippen molar-refractivity contribution in [3.8, 4) is 0 Å². The predicted molar refractivity (Wildman–Crippen MR) is 74.9 cm³/mol. The number of likely N-dealkylation sites (tertiary alicyclic amines) is 1. The first-order valence-corrected chi connectivity index (χ1v) is 6.81. The second-order valence-corrected chi connectivity index (χ2v) is 5.08. The molecule has 2 rings (SSSR count). The van der Waals surface area contributed by atoms with Gasteiger partial charge in [-0.05, 0) is 17.5 Å². The third kappa shape index (κ3) is 2.91. The largest absolute Gasteiger partial charge is 0.383 e. The van der Waals surface area contributed by atoms with E-state index in [0.717, 1.165) is 32.7 Å². The van der Waals surface area contributed by atoms with Crippen molar-refractivity contribution >= 4 is 0 Å². The fourth-order valence-corrected chi connectivity index (χ4v) is 2.86. The first-order valence-electron chi connectivity index (χ1n) is 6.81. The smallest absolute Gasteiger partial charge is 0.0589 e. The highest BCUT2D eigenvalue weighted by Crippen LogP contribution is 2.29. The molecule has 0 bridgehead atoms. The minimum atomic E-state index is 0.245. The lowest BCUT2D eigenvalue weighted by atomic mass is 9.90. The van der Waals surface area contributed by atoms with Crippen LogP contribution in [0.5, 0.6) is 0 Å². The van der Waals surface area contributed by atoms with Crippen LogP contribution in [-0.4, -0.2) is 44.3 Å². The van der Waals surface area contributed by atoms with Gasteiger partial charge in [0, 0.05) is 38.7 Å². The molecule has 1 heterocycles. The van der Waals surface area contributed by atoms with E-state index in [4.69, 9.17) is 10.5 Å². The van der Waals surface area contributed by atoms with Gasteiger partial charge in [0.15, 0.2) is 0 Å². The van der Waals surface area contributed by atoms with Crippen molar-refractivity contribution in [1.29, 1.82) is 0 Å². The SMILES string of the molecule is CCc1ccccc1[C@@H]1CN(CCOC)CC1N. The average molecular weight is 248 g/mol. The molecular formula is C15H24N2O. The quantitative estimate of drug-likeness (QED) is 0.860. The van der Waals surface area contributed by atoms with Crippen LogP contribution in [0, 0.1) is 0 Å². The summed E-state index contributed by atoms with van der Waals surface area (Å²) in [5.74, 6) is 0.470. The molecule has 0 aromatic heterocycles. The van der Waals surface area contributed by atoms with Crippen LogP contribution in [0.4, 0.5) is 0 Å². The van der Waals surface area contributed by atoms with E-state index in [1.54, 1.807) is 7.11 Å². The lowest BCUT2D eigenvalue weighted by Gasteiger charge is -2.18. The van der Waals surface area contributed by atoms with E-state index >= 15 is 0 Å². The van der Waals surface area contributed by atoms with Crippen molar-refractivity contribution in [3.63, 3.8) is 0 Å². The van der Waals surface area contributed by atoms with Crippen LogP contribution >= 0.6 is 0 Å². The van der Waals surface area contributed by atoms with Gasteiger partial charge in [0.25, 0.3) is 0 Å². The summed E-state index contributed by atoms with van der Waals surface area (Å²) in [4.78, 5) is 2.41. The van der Waals surface area contributed by atoms with Gasteiger partial charge in [0.2, 0.25) is 0 Å². The summed E-state index contributed by atoms with van der Waals surface area (Å²) in [6, 6.07) is 8.95. The molecular weight excluding hydrogens is 224 g/mol. The number of hydrogen-bond acceptors (Lipinski definition) is 3. The van der Waals surface area contributed by atoms with Crippen LogP contribution in [0.1, 0.15) is 24.0 Å². The fraction of sp³-hybridized carbons (Fsp3) is 0.600. The fourth-order valence-electron chi connectivity index (χ4n) is 2.86. The molecule has 1 aromatic carbocycles. The van der Waals surface area contributed by atoms with E-state index in [1.165, 1.54) is 11.1 Å². The van der Waals surface area contributed by atoms with Crippen LogP contribution in [0.25, 0.3) is 0 Å². The highest BCUT2D eigenvalue weighted by molar-refractivity contribution is 5.33. The Morgan fingerprint density at radius 3 is 2.83 bits per heavy atom. The van der Waals surface area contributed by atoms with E-state index in [2.05, 4.69) is 36.1 Å². The van der Waals surface area contributed by atoms with Gasteiger partial charge in [-0.1, -0.05) is 31.2 Å². The van der Waals surface area contributed by atoms with Crippen LogP contribution in [0.3, 0.4) is 0 Å². The number of benzene rings is 1. The normalized spacial score (nSPS) is 24.6. The maximum Gasteiger partial charge on any atom is 0.0589 e. The standard InChI is InChI=1S/C15H24N2O/c1-3-12-6-4-5-7-13(12)14-10-17(8-9-18-2)11-15(14)16/h4-7,14-15H,3,8-11,16H2,1-2H3/t14-,15?/m0/s1.